The van der Waals surface area contributed by atoms with E-state index in [0.717, 1.165) is 54.0 Å². The zero-order valence-electron chi connectivity index (χ0n) is 18.7. The molecule has 0 aliphatic carbocycles. The van der Waals surface area contributed by atoms with Crippen molar-refractivity contribution in [3.63, 3.8) is 0 Å². The number of aromatic amines is 2. The monoisotopic (exact) mass is 477 g/mol. The van der Waals surface area contributed by atoms with Crippen molar-refractivity contribution in [3.8, 4) is 0 Å². The molecule has 9 heteroatoms. The summed E-state index contributed by atoms with van der Waals surface area (Å²) in [5.74, 6) is 0.0372. The first-order valence-electron chi connectivity index (χ1n) is 11.4. The summed E-state index contributed by atoms with van der Waals surface area (Å²) in [5, 5.41) is 11.2. The van der Waals surface area contributed by atoms with Crippen LogP contribution in [0.25, 0.3) is 64.4 Å². The van der Waals surface area contributed by atoms with Crippen molar-refractivity contribution in [3.05, 3.63) is 61.1 Å². The molecule has 0 fully saturated rings. The second-order valence-electron chi connectivity index (χ2n) is 8.53. The molecule has 7 aromatic rings. The molecule has 7 rings (SSSR count). The number of pyridine rings is 2. The van der Waals surface area contributed by atoms with E-state index in [-0.39, 0.29) is 5.91 Å². The second kappa shape index (κ2) is 7.57. The van der Waals surface area contributed by atoms with Gasteiger partial charge in [-0.1, -0.05) is 19.1 Å². The largest absolute Gasteiger partial charge is 0.337 e. The van der Waals surface area contributed by atoms with Crippen LogP contribution in [0.15, 0.2) is 61.1 Å². The number of carbonyl (C=O) groups is 1. The molecule has 35 heavy (non-hydrogen) atoms. The van der Waals surface area contributed by atoms with Gasteiger partial charge in [0.1, 0.15) is 10.3 Å². The molecule has 0 aliphatic heterocycles. The van der Waals surface area contributed by atoms with Crippen molar-refractivity contribution in [2.24, 2.45) is 0 Å². The molecule has 8 bridgehead atoms. The summed E-state index contributed by atoms with van der Waals surface area (Å²) >= 11 is 1.57. The van der Waals surface area contributed by atoms with Crippen LogP contribution in [0.1, 0.15) is 24.6 Å². The van der Waals surface area contributed by atoms with Gasteiger partial charge in [0.2, 0.25) is 5.91 Å². The Balaban J connectivity index is 1.76. The van der Waals surface area contributed by atoms with Gasteiger partial charge in [0.05, 0.1) is 28.1 Å². The Morgan fingerprint density at radius 1 is 1.00 bits per heavy atom. The lowest BCUT2D eigenvalue weighted by atomic mass is 10.2. The minimum atomic E-state index is 0.0372. The first kappa shape index (κ1) is 20.0. The second-order valence-corrected chi connectivity index (χ2v) is 9.59. The Kier molecular flexibility index (Phi) is 4.34. The number of rotatable bonds is 2. The van der Waals surface area contributed by atoms with Gasteiger partial charge in [-0.3, -0.25) is 19.4 Å². The van der Waals surface area contributed by atoms with Gasteiger partial charge in [-0.15, -0.1) is 11.3 Å². The molecule has 6 heterocycles. The number of thiophene rings is 1. The van der Waals surface area contributed by atoms with Crippen LogP contribution in [-0.2, 0) is 0 Å². The Labute approximate surface area is 202 Å². The highest BCUT2D eigenvalue weighted by atomic mass is 32.1. The number of imidazole rings is 1. The summed E-state index contributed by atoms with van der Waals surface area (Å²) in [4.78, 5) is 31.6. The van der Waals surface area contributed by atoms with Gasteiger partial charge in [0, 0.05) is 39.7 Å². The summed E-state index contributed by atoms with van der Waals surface area (Å²) in [6.45, 7) is 2.01. The van der Waals surface area contributed by atoms with Crippen molar-refractivity contribution in [1.82, 2.24) is 34.7 Å². The minimum Gasteiger partial charge on any atom is -0.337 e. The van der Waals surface area contributed by atoms with Gasteiger partial charge in [-0.2, -0.15) is 5.10 Å². The predicted molar refractivity (Wildman–Crippen MR) is 140 cm³/mol. The lowest BCUT2D eigenvalue weighted by Crippen LogP contribution is -2.10. The molecule has 1 aromatic carbocycles. The van der Waals surface area contributed by atoms with Crippen molar-refractivity contribution >= 4 is 81.7 Å². The molecule has 0 atom stereocenters. The van der Waals surface area contributed by atoms with E-state index in [2.05, 4.69) is 37.3 Å². The summed E-state index contributed by atoms with van der Waals surface area (Å²) in [7, 11) is 0. The molecule has 0 aliphatic rings. The third kappa shape index (κ3) is 3.08. The average Bonchev–Trinajstić information content (AvgIpc) is 3.61. The first-order chi connectivity index (χ1) is 17.2. The Morgan fingerprint density at radius 2 is 1.91 bits per heavy atom. The first-order valence-corrected chi connectivity index (χ1v) is 12.2. The van der Waals surface area contributed by atoms with Crippen molar-refractivity contribution in [2.45, 2.75) is 19.8 Å². The number of fused-ring (bicyclic) bond motifs is 9. The van der Waals surface area contributed by atoms with Gasteiger partial charge in [-0.25, -0.2) is 9.97 Å². The maximum Gasteiger partial charge on any atom is 0.232 e. The van der Waals surface area contributed by atoms with Crippen LogP contribution in [0.5, 0.6) is 0 Å². The predicted octanol–water partition coefficient (Wildman–Crippen LogP) is 6.27. The Hall–Kier alpha value is -4.37. The fourth-order valence-corrected chi connectivity index (χ4v) is 5.68. The number of aromatic nitrogens is 7. The van der Waals surface area contributed by atoms with Crippen LogP contribution in [-0.4, -0.2) is 40.6 Å². The molecule has 0 saturated carbocycles. The average molecular weight is 478 g/mol. The molecule has 2 N–H and O–H groups in total. The maximum atomic E-state index is 13.3. The Morgan fingerprint density at radius 3 is 2.83 bits per heavy atom. The van der Waals surface area contributed by atoms with Crippen molar-refractivity contribution < 1.29 is 4.79 Å². The summed E-state index contributed by atoms with van der Waals surface area (Å²) in [6, 6.07) is 14.2. The molecular formula is C26H19N7OS. The molecule has 0 saturated heterocycles. The van der Waals surface area contributed by atoms with Gasteiger partial charge in [0.25, 0.3) is 0 Å². The fraction of sp³-hybridized carbons (Fsp3) is 0.115. The number of hydrogen-bond donors (Lipinski definition) is 2. The zero-order valence-corrected chi connectivity index (χ0v) is 19.6. The number of para-hydroxylation sites is 1. The normalized spacial score (nSPS) is 11.9. The van der Waals surface area contributed by atoms with Gasteiger partial charge >= 0.3 is 0 Å². The van der Waals surface area contributed by atoms with E-state index in [4.69, 9.17) is 4.98 Å². The van der Waals surface area contributed by atoms with Crippen LogP contribution < -0.4 is 0 Å². The number of nitrogens with one attached hydrogen (secondary N) is 2. The minimum absolute atomic E-state index is 0.0372. The molecule has 0 amide bonds. The van der Waals surface area contributed by atoms with Crippen LogP contribution in [0.2, 0.25) is 0 Å². The topological polar surface area (TPSA) is 105 Å². The standard InChI is InChI=1S/C26H19N7OS/c1-2-4-21(34)33-16-9-14(11-27-13-16)15-10-18-24(31-32-25(18)28-12-15)26-29-19-6-3-5-17(23(19)30-26)20-7-8-22(33)35-20/h3,5-13H,2,4H2,1H3,(H,29,30)(H,28,31,32). The van der Waals surface area contributed by atoms with E-state index in [1.165, 1.54) is 0 Å². The summed E-state index contributed by atoms with van der Waals surface area (Å²) < 4.78 is 2.81. The smallest absolute Gasteiger partial charge is 0.232 e. The van der Waals surface area contributed by atoms with Gasteiger partial charge in [0.15, 0.2) is 11.3 Å². The highest BCUT2D eigenvalue weighted by Gasteiger charge is 2.12. The van der Waals surface area contributed by atoms with Crippen LogP contribution in [0.4, 0.5) is 0 Å². The molecule has 0 radical (unpaired) electrons. The third-order valence-corrected chi connectivity index (χ3v) is 7.36. The number of hydrogen-bond acceptors (Lipinski definition) is 6. The molecule has 0 unspecified atom stereocenters. The van der Waals surface area contributed by atoms with E-state index >= 15 is 0 Å². The van der Waals surface area contributed by atoms with E-state index in [0.29, 0.717) is 23.2 Å². The third-order valence-electron chi connectivity index (χ3n) is 6.26. The highest BCUT2D eigenvalue weighted by Crippen LogP contribution is 2.30. The van der Waals surface area contributed by atoms with Gasteiger partial charge < -0.3 is 4.98 Å². The Bertz CT molecular complexity index is 2010. The van der Waals surface area contributed by atoms with Crippen LogP contribution >= 0.6 is 11.3 Å². The lowest BCUT2D eigenvalue weighted by Gasteiger charge is -2.07. The fourth-order valence-electron chi connectivity index (χ4n) is 4.61. The van der Waals surface area contributed by atoms with E-state index in [1.807, 2.05) is 37.3 Å². The zero-order chi connectivity index (χ0) is 23.5. The molecule has 170 valence electrons. The van der Waals surface area contributed by atoms with Crippen molar-refractivity contribution in [1.29, 1.82) is 0 Å². The number of nitrogens with zero attached hydrogens (tertiary/aromatic N) is 5. The molecule has 8 nitrogen and oxygen atoms in total. The summed E-state index contributed by atoms with van der Waals surface area (Å²) in [6.07, 6.45) is 6.53. The van der Waals surface area contributed by atoms with E-state index in [1.54, 1.807) is 34.5 Å². The lowest BCUT2D eigenvalue weighted by molar-refractivity contribution is 0.0912. The quantitative estimate of drug-likeness (QED) is 0.305. The van der Waals surface area contributed by atoms with E-state index < -0.39 is 0 Å². The summed E-state index contributed by atoms with van der Waals surface area (Å²) in [5.41, 5.74) is 4.59. The van der Waals surface area contributed by atoms with E-state index in [9.17, 15) is 4.79 Å². The van der Waals surface area contributed by atoms with Crippen LogP contribution in [0, 0.1) is 0 Å². The van der Waals surface area contributed by atoms with Crippen molar-refractivity contribution in [2.75, 3.05) is 0 Å². The number of H-pyrrole nitrogens is 2. The van der Waals surface area contributed by atoms with Crippen LogP contribution in [0.3, 0.4) is 0 Å². The SMILES string of the molecule is CCCC(=O)n1c2cncc(c2)c2cnc3[nH]nc(c4nc5c(cccc5c5ccc1s5)[nH]4)c3c2. The van der Waals surface area contributed by atoms with Gasteiger partial charge in [-0.05, 0) is 36.8 Å². The number of carbonyl (C=O) groups excluding carboxylic acids is 1. The molecule has 6 aromatic heterocycles. The highest BCUT2D eigenvalue weighted by molar-refractivity contribution is 7.24. The maximum absolute atomic E-state index is 13.3. The number of benzene rings is 1. The molecule has 0 spiro atoms. The molecular weight excluding hydrogens is 458 g/mol.